The van der Waals surface area contributed by atoms with Gasteiger partial charge in [-0.05, 0) is 49.7 Å². The van der Waals surface area contributed by atoms with Crippen LogP contribution in [0.3, 0.4) is 0 Å². The lowest BCUT2D eigenvalue weighted by molar-refractivity contribution is 0.201. The molecule has 5 rings (SSSR count). The van der Waals surface area contributed by atoms with Crippen LogP contribution in [0.5, 0.6) is 0 Å². The van der Waals surface area contributed by atoms with Crippen LogP contribution >= 0.6 is 0 Å². The van der Waals surface area contributed by atoms with Gasteiger partial charge < -0.3 is 0 Å². The average Bonchev–Trinajstić information content (AvgIpc) is 3.19. The zero-order valence-electron chi connectivity index (χ0n) is 16.4. The number of likely N-dealkylation sites (tertiary alicyclic amines) is 1. The van der Waals surface area contributed by atoms with E-state index < -0.39 is 0 Å². The van der Waals surface area contributed by atoms with E-state index in [0.717, 1.165) is 43.9 Å². The maximum atomic E-state index is 14.2. The van der Waals surface area contributed by atoms with Crippen LogP contribution in [-0.2, 0) is 6.54 Å². The first kappa shape index (κ1) is 18.8. The van der Waals surface area contributed by atoms with Crippen molar-refractivity contribution in [2.24, 2.45) is 0 Å². The molecule has 2 aromatic carbocycles. The molecule has 0 aliphatic carbocycles. The van der Waals surface area contributed by atoms with E-state index >= 15 is 0 Å². The van der Waals surface area contributed by atoms with Gasteiger partial charge in [-0.1, -0.05) is 30.3 Å². The summed E-state index contributed by atoms with van der Waals surface area (Å²) in [6.07, 6.45) is 5.41. The molecule has 30 heavy (non-hydrogen) atoms. The van der Waals surface area contributed by atoms with Crippen molar-refractivity contribution in [1.82, 2.24) is 24.5 Å². The van der Waals surface area contributed by atoms with Crippen molar-refractivity contribution in [3.63, 3.8) is 0 Å². The fourth-order valence-corrected chi connectivity index (χ4v) is 4.12. The van der Waals surface area contributed by atoms with Crippen molar-refractivity contribution in [2.75, 3.05) is 13.1 Å². The first-order chi connectivity index (χ1) is 14.7. The zero-order chi connectivity index (χ0) is 20.5. The quantitative estimate of drug-likeness (QED) is 0.503. The minimum atomic E-state index is -0.276. The summed E-state index contributed by atoms with van der Waals surface area (Å²) in [6, 6.07) is 13.4. The molecule has 0 N–H and O–H groups in total. The van der Waals surface area contributed by atoms with E-state index in [2.05, 4.69) is 20.1 Å². The Morgan fingerprint density at radius 1 is 0.933 bits per heavy atom. The second-order valence-corrected chi connectivity index (χ2v) is 7.73. The van der Waals surface area contributed by atoms with E-state index in [1.807, 2.05) is 28.8 Å². The minimum absolute atomic E-state index is 0.209. The molecule has 0 atom stereocenters. The van der Waals surface area contributed by atoms with Gasteiger partial charge >= 0.3 is 0 Å². The highest BCUT2D eigenvalue weighted by Crippen LogP contribution is 2.29. The fraction of sp³-hybridized carbons (Fsp3) is 0.261. The van der Waals surface area contributed by atoms with Crippen LogP contribution in [0.15, 0.2) is 60.9 Å². The van der Waals surface area contributed by atoms with Gasteiger partial charge in [-0.15, -0.1) is 10.2 Å². The molecular weight excluding hydrogens is 384 g/mol. The average molecular weight is 405 g/mol. The molecule has 4 aromatic rings. The number of halogens is 2. The topological polar surface area (TPSA) is 46.3 Å². The summed E-state index contributed by atoms with van der Waals surface area (Å²) in [7, 11) is 0. The van der Waals surface area contributed by atoms with Gasteiger partial charge in [-0.25, -0.2) is 13.8 Å². The van der Waals surface area contributed by atoms with Crippen LogP contribution in [-0.4, -0.2) is 37.6 Å². The molecule has 7 heteroatoms. The summed E-state index contributed by atoms with van der Waals surface area (Å²) in [6.45, 7) is 2.67. The molecule has 2 aromatic heterocycles. The lowest BCUT2D eigenvalue weighted by Gasteiger charge is -2.31. The first-order valence-corrected chi connectivity index (χ1v) is 10.1. The molecule has 1 aliphatic heterocycles. The van der Waals surface area contributed by atoms with E-state index in [4.69, 9.17) is 0 Å². The summed E-state index contributed by atoms with van der Waals surface area (Å²) in [5, 5.41) is 8.60. The van der Waals surface area contributed by atoms with Crippen molar-refractivity contribution in [3.05, 3.63) is 83.9 Å². The van der Waals surface area contributed by atoms with Crippen LogP contribution in [0, 0.1) is 11.6 Å². The third-order valence-corrected chi connectivity index (χ3v) is 5.75. The Hall–Kier alpha value is -3.19. The summed E-state index contributed by atoms with van der Waals surface area (Å²) in [5.74, 6) is 1.18. The molecule has 1 fully saturated rings. The van der Waals surface area contributed by atoms with Crippen molar-refractivity contribution in [1.29, 1.82) is 0 Å². The van der Waals surface area contributed by atoms with E-state index in [1.165, 1.54) is 18.2 Å². The largest absolute Gasteiger partial charge is 0.299 e. The van der Waals surface area contributed by atoms with Gasteiger partial charge in [0, 0.05) is 36.0 Å². The standard InChI is InChI=1S/C23H21F2N5/c24-19-7-5-16(6-8-19)14-29-11-9-17(10-12-29)22-27-28-23-26-13-18(15-30(22)23)20-3-1-2-4-21(20)25/h1-8,13,15,17H,9-12,14H2. The van der Waals surface area contributed by atoms with Crippen LogP contribution in [0.2, 0.25) is 0 Å². The fourth-order valence-electron chi connectivity index (χ4n) is 4.12. The number of piperidine rings is 1. The molecular formula is C23H21F2N5. The molecule has 0 bridgehead atoms. The summed E-state index contributed by atoms with van der Waals surface area (Å²) in [4.78, 5) is 6.74. The van der Waals surface area contributed by atoms with E-state index in [-0.39, 0.29) is 17.6 Å². The Balaban J connectivity index is 1.34. The van der Waals surface area contributed by atoms with Crippen molar-refractivity contribution < 1.29 is 8.78 Å². The molecule has 1 aliphatic rings. The van der Waals surface area contributed by atoms with Crippen LogP contribution in [0.1, 0.15) is 30.1 Å². The number of rotatable bonds is 4. The van der Waals surface area contributed by atoms with Gasteiger partial charge in [0.05, 0.1) is 0 Å². The number of benzene rings is 2. The molecule has 3 heterocycles. The van der Waals surface area contributed by atoms with Gasteiger partial charge in [-0.3, -0.25) is 9.30 Å². The highest BCUT2D eigenvalue weighted by molar-refractivity contribution is 5.63. The van der Waals surface area contributed by atoms with Gasteiger partial charge in [-0.2, -0.15) is 0 Å². The Labute approximate surface area is 173 Å². The maximum absolute atomic E-state index is 14.2. The molecule has 5 nitrogen and oxygen atoms in total. The Morgan fingerprint density at radius 2 is 1.70 bits per heavy atom. The number of fused-ring (bicyclic) bond motifs is 1. The van der Waals surface area contributed by atoms with E-state index in [0.29, 0.717) is 16.9 Å². The third kappa shape index (κ3) is 3.68. The Morgan fingerprint density at radius 3 is 2.47 bits per heavy atom. The number of nitrogens with zero attached hydrogens (tertiary/aromatic N) is 5. The lowest BCUT2D eigenvalue weighted by atomic mass is 9.95. The van der Waals surface area contributed by atoms with Gasteiger partial charge in [0.2, 0.25) is 0 Å². The monoisotopic (exact) mass is 405 g/mol. The predicted molar refractivity (Wildman–Crippen MR) is 110 cm³/mol. The van der Waals surface area contributed by atoms with Gasteiger partial charge in [0.25, 0.3) is 5.78 Å². The molecule has 0 unspecified atom stereocenters. The third-order valence-electron chi connectivity index (χ3n) is 5.75. The molecule has 1 saturated heterocycles. The molecule has 0 radical (unpaired) electrons. The smallest absolute Gasteiger partial charge is 0.254 e. The number of aromatic nitrogens is 4. The van der Waals surface area contributed by atoms with Crippen molar-refractivity contribution in [3.8, 4) is 11.1 Å². The SMILES string of the molecule is Fc1ccc(CN2CCC(c3nnc4ncc(-c5ccccc5F)cn34)CC2)cc1. The molecule has 0 saturated carbocycles. The summed E-state index contributed by atoms with van der Waals surface area (Å²) >= 11 is 0. The summed E-state index contributed by atoms with van der Waals surface area (Å²) < 4.78 is 29.2. The van der Waals surface area contributed by atoms with Crippen molar-refractivity contribution in [2.45, 2.75) is 25.3 Å². The van der Waals surface area contributed by atoms with E-state index in [9.17, 15) is 8.78 Å². The van der Waals surface area contributed by atoms with E-state index in [1.54, 1.807) is 18.3 Å². The Bertz CT molecular complexity index is 1160. The second-order valence-electron chi connectivity index (χ2n) is 7.73. The highest BCUT2D eigenvalue weighted by atomic mass is 19.1. The predicted octanol–water partition coefficient (Wildman–Crippen LogP) is 4.45. The van der Waals surface area contributed by atoms with Gasteiger partial charge in [0.1, 0.15) is 17.5 Å². The highest BCUT2D eigenvalue weighted by Gasteiger charge is 2.25. The molecule has 152 valence electrons. The lowest BCUT2D eigenvalue weighted by Crippen LogP contribution is -2.33. The van der Waals surface area contributed by atoms with Crippen LogP contribution in [0.25, 0.3) is 16.9 Å². The molecule has 0 amide bonds. The first-order valence-electron chi connectivity index (χ1n) is 10.1. The van der Waals surface area contributed by atoms with Gasteiger partial charge in [0.15, 0.2) is 0 Å². The number of hydrogen-bond donors (Lipinski definition) is 0. The normalized spacial score (nSPS) is 15.7. The molecule has 0 spiro atoms. The maximum Gasteiger partial charge on any atom is 0.254 e. The zero-order valence-corrected chi connectivity index (χ0v) is 16.4. The second kappa shape index (κ2) is 7.91. The number of hydrogen-bond acceptors (Lipinski definition) is 4. The van der Waals surface area contributed by atoms with Crippen LogP contribution in [0.4, 0.5) is 8.78 Å². The Kier molecular flexibility index (Phi) is 4.96. The summed E-state index contributed by atoms with van der Waals surface area (Å²) in [5.41, 5.74) is 2.33. The van der Waals surface area contributed by atoms with Crippen molar-refractivity contribution >= 4 is 5.78 Å². The van der Waals surface area contributed by atoms with Crippen LogP contribution < -0.4 is 0 Å². The minimum Gasteiger partial charge on any atom is -0.299 e.